The molecule has 3 atom stereocenters. The summed E-state index contributed by atoms with van der Waals surface area (Å²) >= 11 is 1.75. The predicted octanol–water partition coefficient (Wildman–Crippen LogP) is 4.18. The van der Waals surface area contributed by atoms with Gasteiger partial charge in [-0.15, -0.1) is 11.8 Å². The Kier molecular flexibility index (Phi) is 5.85. The minimum atomic E-state index is -0.218. The number of ether oxygens (including phenoxy) is 1. The van der Waals surface area contributed by atoms with Crippen molar-refractivity contribution in [2.45, 2.75) is 49.5 Å². The van der Waals surface area contributed by atoms with Gasteiger partial charge >= 0.3 is 0 Å². The highest BCUT2D eigenvalue weighted by molar-refractivity contribution is 7.99. The molecule has 1 fully saturated rings. The Morgan fingerprint density at radius 1 is 1.12 bits per heavy atom. The molecule has 170 valence electrons. The van der Waals surface area contributed by atoms with E-state index in [1.807, 2.05) is 45.2 Å². The molecule has 7 heteroatoms. The van der Waals surface area contributed by atoms with Crippen LogP contribution in [0.2, 0.25) is 0 Å². The van der Waals surface area contributed by atoms with E-state index >= 15 is 0 Å². The molecular formula is C26H27N3O3S. The van der Waals surface area contributed by atoms with Crippen LogP contribution >= 0.6 is 11.8 Å². The number of aromatic nitrogens is 2. The Labute approximate surface area is 197 Å². The number of carbonyl (C=O) groups is 1. The molecule has 2 aliphatic heterocycles. The molecule has 0 saturated carbocycles. The van der Waals surface area contributed by atoms with Crippen LogP contribution in [0.1, 0.15) is 46.4 Å². The van der Waals surface area contributed by atoms with Crippen LogP contribution in [-0.4, -0.2) is 45.7 Å². The van der Waals surface area contributed by atoms with E-state index < -0.39 is 0 Å². The molecular weight excluding hydrogens is 434 g/mol. The summed E-state index contributed by atoms with van der Waals surface area (Å²) < 4.78 is 7.92. The number of morpholine rings is 1. The highest BCUT2D eigenvalue weighted by atomic mass is 32.2. The van der Waals surface area contributed by atoms with E-state index in [0.717, 1.165) is 27.5 Å². The highest BCUT2D eigenvalue weighted by Gasteiger charge is 2.33. The van der Waals surface area contributed by atoms with Crippen LogP contribution in [0.25, 0.3) is 5.69 Å². The molecule has 3 aromatic rings. The number of aryl methyl sites for hydroxylation is 1. The molecule has 1 amide bonds. The van der Waals surface area contributed by atoms with Crippen LogP contribution in [0.4, 0.5) is 0 Å². The molecule has 0 radical (unpaired) electrons. The zero-order chi connectivity index (χ0) is 23.1. The van der Waals surface area contributed by atoms with Crippen LogP contribution in [0.15, 0.2) is 64.5 Å². The first-order valence-corrected chi connectivity index (χ1v) is 12.2. The third-order valence-electron chi connectivity index (χ3n) is 6.23. The minimum absolute atomic E-state index is 0.0314. The van der Waals surface area contributed by atoms with E-state index in [4.69, 9.17) is 4.74 Å². The maximum Gasteiger partial charge on any atom is 0.259 e. The van der Waals surface area contributed by atoms with Gasteiger partial charge in [-0.25, -0.2) is 0 Å². The number of pyridine rings is 2. The molecule has 0 N–H and O–H groups in total. The zero-order valence-corrected chi connectivity index (χ0v) is 19.8. The second-order valence-electron chi connectivity index (χ2n) is 8.84. The number of carbonyl (C=O) groups excluding carboxylic acids is 1. The molecule has 2 aliphatic rings. The standard InChI is InChI=1S/C26H27N3O3S/c1-16-11-22(30)25(26(31)28-14-17(2)32-18(3)15-28)21-12-24(19-7-6-10-27-13-19)33-23-9-5-4-8-20(23)29(16)21/h4-11,13,17-18,24H,12,14-15H2,1-3H3/t17-,18+,24?. The van der Waals surface area contributed by atoms with Gasteiger partial charge in [0.2, 0.25) is 0 Å². The normalized spacial score (nSPS) is 22.3. The highest BCUT2D eigenvalue weighted by Crippen LogP contribution is 2.44. The molecule has 2 aromatic heterocycles. The van der Waals surface area contributed by atoms with Gasteiger partial charge in [-0.3, -0.25) is 14.6 Å². The van der Waals surface area contributed by atoms with Crippen LogP contribution in [0, 0.1) is 6.92 Å². The summed E-state index contributed by atoms with van der Waals surface area (Å²) in [4.78, 5) is 34.3. The first-order chi connectivity index (χ1) is 15.9. The monoisotopic (exact) mass is 461 g/mol. The van der Waals surface area contributed by atoms with Gasteiger partial charge in [0.15, 0.2) is 5.43 Å². The maximum atomic E-state index is 13.8. The number of hydrogen-bond acceptors (Lipinski definition) is 5. The van der Waals surface area contributed by atoms with Crippen molar-refractivity contribution in [1.82, 2.24) is 14.5 Å². The third kappa shape index (κ3) is 4.11. The van der Waals surface area contributed by atoms with Gasteiger partial charge in [-0.1, -0.05) is 18.2 Å². The molecule has 1 saturated heterocycles. The summed E-state index contributed by atoms with van der Waals surface area (Å²) in [6, 6.07) is 13.8. The smallest absolute Gasteiger partial charge is 0.259 e. The lowest BCUT2D eigenvalue weighted by atomic mass is 10.0. The van der Waals surface area contributed by atoms with Crippen molar-refractivity contribution >= 4 is 17.7 Å². The molecule has 0 spiro atoms. The van der Waals surface area contributed by atoms with Gasteiger partial charge < -0.3 is 14.2 Å². The lowest BCUT2D eigenvalue weighted by Gasteiger charge is -2.35. The van der Waals surface area contributed by atoms with Crippen molar-refractivity contribution in [3.8, 4) is 5.69 Å². The lowest BCUT2D eigenvalue weighted by molar-refractivity contribution is -0.0586. The second-order valence-corrected chi connectivity index (χ2v) is 10.1. The van der Waals surface area contributed by atoms with Crippen molar-refractivity contribution < 1.29 is 9.53 Å². The van der Waals surface area contributed by atoms with E-state index in [-0.39, 0.29) is 34.4 Å². The molecule has 33 heavy (non-hydrogen) atoms. The molecule has 1 unspecified atom stereocenters. The maximum absolute atomic E-state index is 13.8. The number of thioether (sulfide) groups is 1. The Hall–Kier alpha value is -2.90. The predicted molar refractivity (Wildman–Crippen MR) is 129 cm³/mol. The number of fused-ring (bicyclic) bond motifs is 3. The van der Waals surface area contributed by atoms with Gasteiger partial charge in [-0.2, -0.15) is 0 Å². The van der Waals surface area contributed by atoms with Crippen LogP contribution in [0.3, 0.4) is 0 Å². The Morgan fingerprint density at radius 3 is 2.61 bits per heavy atom. The van der Waals surface area contributed by atoms with Crippen LogP contribution < -0.4 is 5.43 Å². The van der Waals surface area contributed by atoms with Gasteiger partial charge in [0.05, 0.1) is 17.9 Å². The number of nitrogens with zero attached hydrogens (tertiary/aromatic N) is 3. The summed E-state index contributed by atoms with van der Waals surface area (Å²) in [6.45, 7) is 6.82. The van der Waals surface area contributed by atoms with Crippen molar-refractivity contribution in [3.63, 3.8) is 0 Å². The zero-order valence-electron chi connectivity index (χ0n) is 19.0. The molecule has 0 aliphatic carbocycles. The molecule has 1 aromatic carbocycles. The fraction of sp³-hybridized carbons (Fsp3) is 0.346. The first kappa shape index (κ1) is 21.9. The summed E-state index contributed by atoms with van der Waals surface area (Å²) in [7, 11) is 0. The summed E-state index contributed by atoms with van der Waals surface area (Å²) in [5, 5.41) is 0.0314. The number of hydrogen-bond donors (Lipinski definition) is 0. The number of rotatable bonds is 2. The first-order valence-electron chi connectivity index (χ1n) is 11.3. The SMILES string of the molecule is Cc1cc(=O)c(C(=O)N2C[C@@H](C)O[C@@H](C)C2)c2n1-c1ccccc1SC(c1cccnc1)C2. The van der Waals surface area contributed by atoms with Gasteiger partial charge in [0, 0.05) is 59.5 Å². The van der Waals surface area contributed by atoms with Crippen molar-refractivity contribution in [3.05, 3.63) is 87.6 Å². The van der Waals surface area contributed by atoms with Crippen LogP contribution in [0.5, 0.6) is 0 Å². The van der Waals surface area contributed by atoms with Gasteiger partial charge in [-0.05, 0) is 44.5 Å². The molecule has 0 bridgehead atoms. The Bertz CT molecular complexity index is 1250. The second kappa shape index (κ2) is 8.80. The molecule has 5 rings (SSSR count). The van der Waals surface area contributed by atoms with Crippen molar-refractivity contribution in [2.24, 2.45) is 0 Å². The van der Waals surface area contributed by atoms with E-state index in [2.05, 4.69) is 27.8 Å². The quantitative estimate of drug-likeness (QED) is 0.573. The van der Waals surface area contributed by atoms with Crippen molar-refractivity contribution in [1.29, 1.82) is 0 Å². The van der Waals surface area contributed by atoms with E-state index in [0.29, 0.717) is 19.5 Å². The number of amides is 1. The van der Waals surface area contributed by atoms with E-state index in [1.54, 1.807) is 28.9 Å². The molecule has 4 heterocycles. The minimum Gasteiger partial charge on any atom is -0.372 e. The topological polar surface area (TPSA) is 64.4 Å². The van der Waals surface area contributed by atoms with Crippen LogP contribution in [-0.2, 0) is 11.2 Å². The fourth-order valence-corrected chi connectivity index (χ4v) is 6.18. The average Bonchev–Trinajstić information content (AvgIpc) is 2.96. The Balaban J connectivity index is 1.70. The number of para-hydroxylation sites is 1. The summed E-state index contributed by atoms with van der Waals surface area (Å²) in [5.41, 5.74) is 3.72. The molecule has 6 nitrogen and oxygen atoms in total. The Morgan fingerprint density at radius 2 is 1.88 bits per heavy atom. The summed E-state index contributed by atoms with van der Waals surface area (Å²) in [6.07, 6.45) is 4.06. The van der Waals surface area contributed by atoms with Gasteiger partial charge in [0.1, 0.15) is 5.56 Å². The van der Waals surface area contributed by atoms with Gasteiger partial charge in [0.25, 0.3) is 5.91 Å². The average molecular weight is 462 g/mol. The largest absolute Gasteiger partial charge is 0.372 e. The lowest BCUT2D eigenvalue weighted by Crippen LogP contribution is -2.49. The van der Waals surface area contributed by atoms with E-state index in [1.165, 1.54) is 0 Å². The van der Waals surface area contributed by atoms with E-state index in [9.17, 15) is 9.59 Å². The summed E-state index contributed by atoms with van der Waals surface area (Å²) in [5.74, 6) is -0.208. The van der Waals surface area contributed by atoms with Crippen molar-refractivity contribution in [2.75, 3.05) is 13.1 Å². The fourth-order valence-electron chi connectivity index (χ4n) is 4.92. The third-order valence-corrected chi connectivity index (χ3v) is 7.55. The number of benzene rings is 1.